The molecule has 1 N–H and O–H groups in total. The second-order valence-corrected chi connectivity index (χ2v) is 9.08. The maximum absolute atomic E-state index is 13.5. The van der Waals surface area contributed by atoms with Crippen molar-refractivity contribution in [2.45, 2.75) is 18.0 Å². The van der Waals surface area contributed by atoms with E-state index in [4.69, 9.17) is 0 Å². The molecule has 0 aliphatic carbocycles. The largest absolute Gasteiger partial charge is 0.417 e. The smallest absolute Gasteiger partial charge is 0.350 e. The standard InChI is InChI=1S/C21H18F4N2O3S/c1-12-17(20(28)26-14-5-7-15(8-6-14)31(3,29)30)11-27(2)19(12)16-9-4-13(22)10-18(16)21(23,24)25/h4-11H,1-3H3,(H,26,28). The second-order valence-electron chi connectivity index (χ2n) is 7.07. The number of halogens is 4. The quantitative estimate of drug-likeness (QED) is 0.575. The highest BCUT2D eigenvalue weighted by molar-refractivity contribution is 7.90. The molecule has 0 fully saturated rings. The van der Waals surface area contributed by atoms with Crippen LogP contribution in [0.1, 0.15) is 21.5 Å². The van der Waals surface area contributed by atoms with Gasteiger partial charge in [-0.3, -0.25) is 4.79 Å². The van der Waals surface area contributed by atoms with Gasteiger partial charge in [-0.2, -0.15) is 13.2 Å². The van der Waals surface area contributed by atoms with Gasteiger partial charge in [-0.15, -0.1) is 0 Å². The highest BCUT2D eigenvalue weighted by Gasteiger charge is 2.35. The van der Waals surface area contributed by atoms with Crippen LogP contribution >= 0.6 is 0 Å². The van der Waals surface area contributed by atoms with Crippen molar-refractivity contribution in [3.63, 3.8) is 0 Å². The van der Waals surface area contributed by atoms with Gasteiger partial charge >= 0.3 is 6.18 Å². The molecule has 0 saturated carbocycles. The van der Waals surface area contributed by atoms with E-state index in [1.165, 1.54) is 49.0 Å². The Morgan fingerprint density at radius 2 is 1.68 bits per heavy atom. The van der Waals surface area contributed by atoms with Crippen LogP contribution in [0.4, 0.5) is 23.2 Å². The molecule has 0 aliphatic heterocycles. The number of nitrogens with one attached hydrogen (secondary N) is 1. The molecule has 0 aliphatic rings. The molecule has 0 unspecified atom stereocenters. The number of hydrogen-bond acceptors (Lipinski definition) is 3. The summed E-state index contributed by atoms with van der Waals surface area (Å²) in [5, 5.41) is 2.59. The average molecular weight is 454 g/mol. The van der Waals surface area contributed by atoms with Gasteiger partial charge in [-0.25, -0.2) is 12.8 Å². The number of benzene rings is 2. The van der Waals surface area contributed by atoms with E-state index in [-0.39, 0.29) is 27.3 Å². The maximum atomic E-state index is 13.5. The Morgan fingerprint density at radius 1 is 1.06 bits per heavy atom. The molecule has 10 heteroatoms. The Bertz CT molecular complexity index is 1260. The molecule has 1 amide bonds. The molecule has 0 saturated heterocycles. The van der Waals surface area contributed by atoms with Gasteiger partial charge in [0.15, 0.2) is 9.84 Å². The molecule has 0 spiro atoms. The van der Waals surface area contributed by atoms with Gasteiger partial charge in [0.1, 0.15) is 5.82 Å². The average Bonchev–Trinajstić information content (AvgIpc) is 2.95. The Balaban J connectivity index is 1.98. The summed E-state index contributed by atoms with van der Waals surface area (Å²) in [6, 6.07) is 7.88. The van der Waals surface area contributed by atoms with E-state index in [1.54, 1.807) is 0 Å². The van der Waals surface area contributed by atoms with Gasteiger partial charge < -0.3 is 9.88 Å². The molecule has 3 aromatic rings. The van der Waals surface area contributed by atoms with Crippen molar-refractivity contribution < 1.29 is 30.8 Å². The summed E-state index contributed by atoms with van der Waals surface area (Å²) in [7, 11) is -1.90. The van der Waals surface area contributed by atoms with Gasteiger partial charge in [-0.1, -0.05) is 0 Å². The first-order valence-corrected chi connectivity index (χ1v) is 10.8. The minimum Gasteiger partial charge on any atom is -0.350 e. The highest BCUT2D eigenvalue weighted by Crippen LogP contribution is 2.39. The number of carbonyl (C=O) groups excluding carboxylic acids is 1. The molecule has 0 radical (unpaired) electrons. The fourth-order valence-electron chi connectivity index (χ4n) is 3.31. The third kappa shape index (κ3) is 4.63. The third-order valence-corrected chi connectivity index (χ3v) is 5.89. The van der Waals surface area contributed by atoms with E-state index < -0.39 is 33.3 Å². The minimum absolute atomic E-state index is 0.0830. The monoisotopic (exact) mass is 454 g/mol. The lowest BCUT2D eigenvalue weighted by molar-refractivity contribution is -0.137. The van der Waals surface area contributed by atoms with Crippen molar-refractivity contribution in [1.29, 1.82) is 0 Å². The minimum atomic E-state index is -4.78. The zero-order valence-corrected chi connectivity index (χ0v) is 17.5. The second kappa shape index (κ2) is 7.84. The number of alkyl halides is 3. The van der Waals surface area contributed by atoms with Gasteiger partial charge in [0, 0.05) is 30.8 Å². The number of aryl methyl sites for hydroxylation is 1. The fourth-order valence-corrected chi connectivity index (χ4v) is 3.94. The summed E-state index contributed by atoms with van der Waals surface area (Å²) in [6.07, 6.45) is -2.34. The summed E-state index contributed by atoms with van der Waals surface area (Å²) in [6.45, 7) is 1.50. The Kier molecular flexibility index (Phi) is 5.70. The predicted octanol–water partition coefficient (Wildman–Crippen LogP) is 4.81. The number of sulfone groups is 1. The topological polar surface area (TPSA) is 68.2 Å². The Labute approximate surface area is 176 Å². The summed E-state index contributed by atoms with van der Waals surface area (Å²) in [4.78, 5) is 12.8. The number of rotatable bonds is 4. The lowest BCUT2D eigenvalue weighted by Gasteiger charge is -2.15. The number of aromatic nitrogens is 1. The van der Waals surface area contributed by atoms with Crippen LogP contribution in [0.2, 0.25) is 0 Å². The number of carbonyl (C=O) groups is 1. The van der Waals surface area contributed by atoms with Crippen molar-refractivity contribution in [3.8, 4) is 11.3 Å². The van der Waals surface area contributed by atoms with Crippen molar-refractivity contribution >= 4 is 21.4 Å². The zero-order valence-electron chi connectivity index (χ0n) is 16.7. The normalized spacial score (nSPS) is 12.1. The lowest BCUT2D eigenvalue weighted by atomic mass is 9.99. The zero-order chi connectivity index (χ0) is 23.1. The van der Waals surface area contributed by atoms with Crippen LogP contribution in [-0.2, 0) is 23.1 Å². The number of hydrogen-bond donors (Lipinski definition) is 1. The molecule has 2 aromatic carbocycles. The summed E-state index contributed by atoms with van der Waals surface area (Å²) in [5.41, 5.74) is -0.526. The third-order valence-electron chi connectivity index (χ3n) is 4.76. The molecule has 5 nitrogen and oxygen atoms in total. The van der Waals surface area contributed by atoms with E-state index in [2.05, 4.69) is 5.32 Å². The van der Waals surface area contributed by atoms with Crippen LogP contribution in [0.3, 0.4) is 0 Å². The molecule has 3 rings (SSSR count). The van der Waals surface area contributed by atoms with E-state index in [0.717, 1.165) is 18.4 Å². The number of amides is 1. The van der Waals surface area contributed by atoms with Crippen LogP contribution in [0.5, 0.6) is 0 Å². The lowest BCUT2D eigenvalue weighted by Crippen LogP contribution is -2.12. The van der Waals surface area contributed by atoms with E-state index >= 15 is 0 Å². The highest BCUT2D eigenvalue weighted by atomic mass is 32.2. The van der Waals surface area contributed by atoms with Gasteiger partial charge in [0.25, 0.3) is 5.91 Å². The molecule has 0 atom stereocenters. The molecule has 1 heterocycles. The van der Waals surface area contributed by atoms with E-state index in [1.807, 2.05) is 0 Å². The van der Waals surface area contributed by atoms with Crippen LogP contribution < -0.4 is 5.32 Å². The van der Waals surface area contributed by atoms with Crippen molar-refractivity contribution in [2.24, 2.45) is 7.05 Å². The van der Waals surface area contributed by atoms with E-state index in [0.29, 0.717) is 11.8 Å². The predicted molar refractivity (Wildman–Crippen MR) is 108 cm³/mol. The van der Waals surface area contributed by atoms with Crippen molar-refractivity contribution in [1.82, 2.24) is 4.57 Å². The summed E-state index contributed by atoms with van der Waals surface area (Å²) in [5.74, 6) is -1.60. The Morgan fingerprint density at radius 3 is 2.23 bits per heavy atom. The molecule has 1 aromatic heterocycles. The first-order valence-electron chi connectivity index (χ1n) is 8.93. The van der Waals surface area contributed by atoms with Gasteiger partial charge in [0.05, 0.1) is 21.7 Å². The molecular weight excluding hydrogens is 436 g/mol. The van der Waals surface area contributed by atoms with Crippen molar-refractivity contribution in [3.05, 3.63) is 71.2 Å². The van der Waals surface area contributed by atoms with Crippen LogP contribution in [0.25, 0.3) is 11.3 Å². The molecule has 0 bridgehead atoms. The van der Waals surface area contributed by atoms with Crippen LogP contribution in [0, 0.1) is 12.7 Å². The number of anilines is 1. The summed E-state index contributed by atoms with van der Waals surface area (Å²) < 4.78 is 78.3. The van der Waals surface area contributed by atoms with E-state index in [9.17, 15) is 30.8 Å². The number of nitrogens with zero attached hydrogens (tertiary/aromatic N) is 1. The van der Waals surface area contributed by atoms with Gasteiger partial charge in [-0.05, 0) is 55.0 Å². The van der Waals surface area contributed by atoms with Crippen LogP contribution in [0.15, 0.2) is 53.6 Å². The van der Waals surface area contributed by atoms with Gasteiger partial charge in [0.2, 0.25) is 0 Å². The Hall–Kier alpha value is -3.14. The molecular formula is C21H18F4N2O3S. The summed E-state index contributed by atoms with van der Waals surface area (Å²) >= 11 is 0. The molecule has 164 valence electrons. The fraction of sp³-hybridized carbons (Fsp3) is 0.190. The first kappa shape index (κ1) is 22.5. The maximum Gasteiger partial charge on any atom is 0.417 e. The van der Waals surface area contributed by atoms with Crippen molar-refractivity contribution in [2.75, 3.05) is 11.6 Å². The first-order chi connectivity index (χ1) is 14.3. The molecule has 31 heavy (non-hydrogen) atoms. The van der Waals surface area contributed by atoms with Crippen LogP contribution in [-0.4, -0.2) is 25.1 Å². The SMILES string of the molecule is Cc1c(C(=O)Nc2ccc(S(C)(=O)=O)cc2)cn(C)c1-c1ccc(F)cc1C(F)(F)F.